The summed E-state index contributed by atoms with van der Waals surface area (Å²) in [6.45, 7) is 1.69. The molecule has 1 N–H and O–H groups in total. The predicted octanol–water partition coefficient (Wildman–Crippen LogP) is 5.41. The van der Waals surface area contributed by atoms with Gasteiger partial charge in [0.05, 0.1) is 18.7 Å². The number of para-hydroxylation sites is 1. The number of hydrogen-bond donors (Lipinski definition) is 1. The van der Waals surface area contributed by atoms with E-state index in [0.29, 0.717) is 34.1 Å². The Labute approximate surface area is 207 Å². The first kappa shape index (κ1) is 22.9. The van der Waals surface area contributed by atoms with E-state index in [0.717, 1.165) is 0 Å². The van der Waals surface area contributed by atoms with Gasteiger partial charge in [0.1, 0.15) is 28.8 Å². The quantitative estimate of drug-likeness (QED) is 0.223. The summed E-state index contributed by atoms with van der Waals surface area (Å²) >= 11 is 0. The number of rotatable bonds is 6. The standard InChI is InChI=1S/C28H22N2O6/c1-17-15-23(29-36-17)30-25(19-7-6-10-22(16-19)35-21-8-4-3-5-9-21)24(27(32)28(30)33)26(31)18-11-13-20(34-2)14-12-18/h3-16,25,31H,1-2H3. The summed E-state index contributed by atoms with van der Waals surface area (Å²) in [6, 6.07) is 23.4. The smallest absolute Gasteiger partial charge is 0.301 e. The van der Waals surface area contributed by atoms with E-state index in [4.69, 9.17) is 14.0 Å². The Morgan fingerprint density at radius 1 is 0.917 bits per heavy atom. The Balaban J connectivity index is 1.64. The largest absolute Gasteiger partial charge is 0.507 e. The van der Waals surface area contributed by atoms with Gasteiger partial charge in [0.2, 0.25) is 0 Å². The number of ketones is 1. The molecule has 3 aromatic carbocycles. The van der Waals surface area contributed by atoms with Crippen LogP contribution in [0, 0.1) is 6.92 Å². The van der Waals surface area contributed by atoms with E-state index in [1.165, 1.54) is 12.0 Å². The predicted molar refractivity (Wildman–Crippen MR) is 132 cm³/mol. The number of methoxy groups -OCH3 is 1. The number of carbonyl (C=O) groups excluding carboxylic acids is 2. The Morgan fingerprint density at radius 3 is 2.31 bits per heavy atom. The molecular weight excluding hydrogens is 460 g/mol. The number of benzene rings is 3. The highest BCUT2D eigenvalue weighted by Gasteiger charge is 2.48. The van der Waals surface area contributed by atoms with E-state index in [2.05, 4.69) is 5.16 Å². The van der Waals surface area contributed by atoms with Gasteiger partial charge in [0.15, 0.2) is 5.82 Å². The molecule has 1 amide bonds. The summed E-state index contributed by atoms with van der Waals surface area (Å²) in [5.41, 5.74) is 0.854. The van der Waals surface area contributed by atoms with Crippen molar-refractivity contribution in [2.24, 2.45) is 0 Å². The molecule has 0 aliphatic carbocycles. The van der Waals surface area contributed by atoms with Crippen LogP contribution in [0.4, 0.5) is 5.82 Å². The van der Waals surface area contributed by atoms with E-state index in [1.54, 1.807) is 61.5 Å². The first-order valence-electron chi connectivity index (χ1n) is 11.2. The van der Waals surface area contributed by atoms with Crippen molar-refractivity contribution in [3.05, 3.63) is 107 Å². The third-order valence-electron chi connectivity index (χ3n) is 5.82. The van der Waals surface area contributed by atoms with E-state index in [9.17, 15) is 14.7 Å². The first-order chi connectivity index (χ1) is 17.5. The van der Waals surface area contributed by atoms with Crippen molar-refractivity contribution in [2.75, 3.05) is 12.0 Å². The van der Waals surface area contributed by atoms with Crippen LogP contribution in [0.1, 0.15) is 22.9 Å². The number of aliphatic hydroxyl groups is 1. The van der Waals surface area contributed by atoms with Gasteiger partial charge in [-0.3, -0.25) is 14.5 Å². The lowest BCUT2D eigenvalue weighted by Crippen LogP contribution is -2.29. The lowest BCUT2D eigenvalue weighted by molar-refractivity contribution is -0.132. The number of aromatic nitrogens is 1. The van der Waals surface area contributed by atoms with Crippen LogP contribution in [0.25, 0.3) is 5.76 Å². The van der Waals surface area contributed by atoms with E-state index in [1.807, 2.05) is 30.3 Å². The molecule has 1 atom stereocenters. The molecule has 180 valence electrons. The molecule has 0 spiro atoms. The minimum absolute atomic E-state index is 0.0670. The maximum atomic E-state index is 13.3. The second-order valence-electron chi connectivity index (χ2n) is 8.18. The summed E-state index contributed by atoms with van der Waals surface area (Å²) < 4.78 is 16.3. The van der Waals surface area contributed by atoms with Gasteiger partial charge in [0, 0.05) is 11.6 Å². The number of carbonyl (C=O) groups is 2. The van der Waals surface area contributed by atoms with Crippen molar-refractivity contribution in [2.45, 2.75) is 13.0 Å². The fraction of sp³-hybridized carbons (Fsp3) is 0.107. The molecule has 1 aliphatic rings. The van der Waals surface area contributed by atoms with Crippen molar-refractivity contribution in [3.63, 3.8) is 0 Å². The van der Waals surface area contributed by atoms with E-state index < -0.39 is 17.7 Å². The number of amides is 1. The molecule has 0 saturated carbocycles. The van der Waals surface area contributed by atoms with Crippen LogP contribution in [0.15, 0.2) is 95.0 Å². The number of aryl methyl sites for hydroxylation is 1. The zero-order chi connectivity index (χ0) is 25.2. The molecule has 1 aromatic heterocycles. The molecule has 0 radical (unpaired) electrons. The molecule has 5 rings (SSSR count). The average Bonchev–Trinajstić information content (AvgIpc) is 3.44. The Bertz CT molecular complexity index is 1460. The molecule has 4 aromatic rings. The fourth-order valence-corrected chi connectivity index (χ4v) is 4.13. The van der Waals surface area contributed by atoms with Gasteiger partial charge in [-0.1, -0.05) is 35.5 Å². The van der Waals surface area contributed by atoms with Crippen molar-refractivity contribution < 1.29 is 28.7 Å². The third-order valence-corrected chi connectivity index (χ3v) is 5.82. The molecular formula is C28H22N2O6. The molecule has 36 heavy (non-hydrogen) atoms. The average molecular weight is 482 g/mol. The summed E-state index contributed by atoms with van der Waals surface area (Å²) in [5.74, 6) is 0.412. The van der Waals surface area contributed by atoms with Crippen LogP contribution in [0.5, 0.6) is 17.2 Å². The van der Waals surface area contributed by atoms with Crippen LogP contribution in [-0.4, -0.2) is 29.1 Å². The second kappa shape index (κ2) is 9.42. The van der Waals surface area contributed by atoms with Gasteiger partial charge in [0.25, 0.3) is 5.78 Å². The van der Waals surface area contributed by atoms with Crippen LogP contribution in [0.3, 0.4) is 0 Å². The Kier molecular flexibility index (Phi) is 6.00. The second-order valence-corrected chi connectivity index (χ2v) is 8.18. The van der Waals surface area contributed by atoms with Gasteiger partial charge in [-0.25, -0.2) is 0 Å². The zero-order valence-corrected chi connectivity index (χ0v) is 19.5. The Hall–Kier alpha value is -4.85. The summed E-state index contributed by atoms with van der Waals surface area (Å²) in [4.78, 5) is 27.7. The maximum Gasteiger partial charge on any atom is 0.301 e. The maximum absolute atomic E-state index is 13.3. The van der Waals surface area contributed by atoms with E-state index in [-0.39, 0.29) is 17.2 Å². The number of aliphatic hydroxyl groups excluding tert-OH is 1. The Morgan fingerprint density at radius 2 is 1.64 bits per heavy atom. The topological polar surface area (TPSA) is 102 Å². The van der Waals surface area contributed by atoms with Crippen LogP contribution in [0.2, 0.25) is 0 Å². The van der Waals surface area contributed by atoms with Crippen LogP contribution < -0.4 is 14.4 Å². The lowest BCUT2D eigenvalue weighted by Gasteiger charge is -2.23. The van der Waals surface area contributed by atoms with Crippen LogP contribution >= 0.6 is 0 Å². The summed E-state index contributed by atoms with van der Waals surface area (Å²) in [6.07, 6.45) is 0. The highest BCUT2D eigenvalue weighted by molar-refractivity contribution is 6.51. The molecule has 0 bridgehead atoms. The number of anilines is 1. The number of Topliss-reactive ketones (excluding diaryl/α,β-unsaturated/α-hetero) is 1. The molecule has 8 nitrogen and oxygen atoms in total. The summed E-state index contributed by atoms with van der Waals surface area (Å²) in [7, 11) is 1.53. The van der Waals surface area contributed by atoms with Gasteiger partial charge < -0.3 is 19.1 Å². The van der Waals surface area contributed by atoms with Crippen molar-refractivity contribution in [1.29, 1.82) is 0 Å². The van der Waals surface area contributed by atoms with Gasteiger partial charge >= 0.3 is 5.91 Å². The van der Waals surface area contributed by atoms with Crippen LogP contribution in [-0.2, 0) is 9.59 Å². The normalized spacial score (nSPS) is 16.8. The molecule has 8 heteroatoms. The number of ether oxygens (including phenoxy) is 2. The van der Waals surface area contributed by atoms with Crippen molar-refractivity contribution in [1.82, 2.24) is 5.16 Å². The lowest BCUT2D eigenvalue weighted by atomic mass is 9.95. The number of nitrogens with zero attached hydrogens (tertiary/aromatic N) is 2. The molecule has 2 heterocycles. The molecule has 1 unspecified atom stereocenters. The SMILES string of the molecule is COc1ccc(C(O)=C2C(=O)C(=O)N(c3cc(C)on3)C2c2cccc(Oc3ccccc3)c2)cc1. The molecule has 1 fully saturated rings. The monoisotopic (exact) mass is 482 g/mol. The number of hydrogen-bond acceptors (Lipinski definition) is 7. The zero-order valence-electron chi connectivity index (χ0n) is 19.5. The fourth-order valence-electron chi connectivity index (χ4n) is 4.13. The highest BCUT2D eigenvalue weighted by Crippen LogP contribution is 2.43. The highest BCUT2D eigenvalue weighted by atomic mass is 16.5. The third kappa shape index (κ3) is 4.20. The van der Waals surface area contributed by atoms with Crippen molar-refractivity contribution >= 4 is 23.3 Å². The van der Waals surface area contributed by atoms with Gasteiger partial charge in [-0.05, 0) is 61.0 Å². The van der Waals surface area contributed by atoms with Gasteiger partial charge in [-0.15, -0.1) is 0 Å². The summed E-state index contributed by atoms with van der Waals surface area (Å²) in [5, 5.41) is 15.2. The first-order valence-corrected chi connectivity index (χ1v) is 11.2. The van der Waals surface area contributed by atoms with Gasteiger partial charge in [-0.2, -0.15) is 0 Å². The molecule has 1 saturated heterocycles. The van der Waals surface area contributed by atoms with Crippen molar-refractivity contribution in [3.8, 4) is 17.2 Å². The minimum atomic E-state index is -0.962. The minimum Gasteiger partial charge on any atom is -0.507 e. The molecule has 1 aliphatic heterocycles. The van der Waals surface area contributed by atoms with E-state index >= 15 is 0 Å².